The molecule has 3 aromatic rings. The fourth-order valence-corrected chi connectivity index (χ4v) is 6.28. The van der Waals surface area contributed by atoms with Gasteiger partial charge in [0.15, 0.2) is 0 Å². The first-order chi connectivity index (χ1) is 15.7. The molecule has 1 N–H and O–H groups in total. The Morgan fingerprint density at radius 2 is 1.70 bits per heavy atom. The number of carbonyl (C=O) groups is 1. The Morgan fingerprint density at radius 3 is 2.30 bits per heavy atom. The largest absolute Gasteiger partial charge is 0.478 e. The van der Waals surface area contributed by atoms with Crippen molar-refractivity contribution in [3.8, 4) is 0 Å². The number of aliphatic carboxylic acids is 1. The van der Waals surface area contributed by atoms with Crippen molar-refractivity contribution in [3.63, 3.8) is 0 Å². The number of benzene rings is 3. The lowest BCUT2D eigenvalue weighted by molar-refractivity contribution is -0.133. The van der Waals surface area contributed by atoms with Gasteiger partial charge in [-0.1, -0.05) is 64.0 Å². The van der Waals surface area contributed by atoms with E-state index in [-0.39, 0.29) is 16.9 Å². The van der Waals surface area contributed by atoms with Crippen molar-refractivity contribution in [2.24, 2.45) is 0 Å². The van der Waals surface area contributed by atoms with Gasteiger partial charge >= 0.3 is 5.97 Å². The van der Waals surface area contributed by atoms with E-state index in [0.717, 1.165) is 10.0 Å². The predicted molar refractivity (Wildman–Crippen MR) is 127 cm³/mol. The quantitative estimate of drug-likeness (QED) is 0.454. The first-order valence-corrected chi connectivity index (χ1v) is 12.5. The molecule has 8 heteroatoms. The molecular formula is C25H21BrFNO4S. The minimum atomic E-state index is -4.14. The molecule has 3 aromatic carbocycles. The molecule has 0 aromatic heterocycles. The van der Waals surface area contributed by atoms with Crippen LogP contribution in [-0.4, -0.2) is 23.8 Å². The fourth-order valence-electron chi connectivity index (χ4n) is 4.08. The molecule has 4 rings (SSSR count). The highest BCUT2D eigenvalue weighted by molar-refractivity contribution is 9.10. The first kappa shape index (κ1) is 23.4. The van der Waals surface area contributed by atoms with E-state index in [4.69, 9.17) is 0 Å². The van der Waals surface area contributed by atoms with E-state index < -0.39 is 33.9 Å². The molecule has 1 heterocycles. The average molecular weight is 530 g/mol. The molecule has 170 valence electrons. The Hall–Kier alpha value is -2.81. The Labute approximate surface area is 200 Å². The summed E-state index contributed by atoms with van der Waals surface area (Å²) in [6.45, 7) is 1.86. The summed E-state index contributed by atoms with van der Waals surface area (Å²) in [5.74, 6) is -1.71. The zero-order valence-corrected chi connectivity index (χ0v) is 20.1. The van der Waals surface area contributed by atoms with E-state index in [1.165, 1.54) is 40.7 Å². The second-order valence-corrected chi connectivity index (χ2v) is 10.6. The third-order valence-electron chi connectivity index (χ3n) is 5.68. The van der Waals surface area contributed by atoms with Gasteiger partial charge in [0.05, 0.1) is 22.6 Å². The second kappa shape index (κ2) is 9.21. The predicted octanol–water partition coefficient (Wildman–Crippen LogP) is 5.78. The Morgan fingerprint density at radius 1 is 1.03 bits per heavy atom. The van der Waals surface area contributed by atoms with Crippen molar-refractivity contribution in [2.75, 3.05) is 0 Å². The molecule has 0 bridgehead atoms. The van der Waals surface area contributed by atoms with Crippen LogP contribution < -0.4 is 0 Å². The molecule has 0 saturated heterocycles. The summed E-state index contributed by atoms with van der Waals surface area (Å²) in [5, 5.41) is 9.94. The van der Waals surface area contributed by atoms with Crippen molar-refractivity contribution in [3.05, 3.63) is 111 Å². The second-order valence-electron chi connectivity index (χ2n) is 7.87. The summed E-state index contributed by atoms with van der Waals surface area (Å²) >= 11 is 3.44. The topological polar surface area (TPSA) is 74.7 Å². The number of halogens is 2. The molecule has 33 heavy (non-hydrogen) atoms. The Bertz CT molecular complexity index is 1320. The van der Waals surface area contributed by atoms with Crippen LogP contribution in [0.25, 0.3) is 0 Å². The monoisotopic (exact) mass is 529 g/mol. The van der Waals surface area contributed by atoms with Crippen molar-refractivity contribution in [2.45, 2.75) is 30.3 Å². The molecule has 0 aliphatic carbocycles. The van der Waals surface area contributed by atoms with Crippen molar-refractivity contribution in [1.82, 2.24) is 4.31 Å². The highest BCUT2D eigenvalue weighted by Crippen LogP contribution is 2.46. The lowest BCUT2D eigenvalue weighted by Crippen LogP contribution is -2.42. The van der Waals surface area contributed by atoms with E-state index >= 15 is 0 Å². The molecule has 2 atom stereocenters. The van der Waals surface area contributed by atoms with E-state index in [2.05, 4.69) is 15.9 Å². The summed E-state index contributed by atoms with van der Waals surface area (Å²) in [4.78, 5) is 12.2. The van der Waals surface area contributed by atoms with E-state index in [1.807, 2.05) is 25.1 Å². The molecule has 0 amide bonds. The van der Waals surface area contributed by atoms with Crippen LogP contribution in [0, 0.1) is 12.7 Å². The molecule has 0 fully saturated rings. The number of carboxylic acid groups (broad SMARTS) is 1. The number of nitrogens with zero attached hydrogens (tertiary/aromatic N) is 1. The minimum Gasteiger partial charge on any atom is -0.478 e. The van der Waals surface area contributed by atoms with Gasteiger partial charge in [0.25, 0.3) is 0 Å². The van der Waals surface area contributed by atoms with Crippen LogP contribution in [0.1, 0.15) is 35.2 Å². The molecule has 1 aliphatic heterocycles. The molecule has 0 spiro atoms. The number of hydrogen-bond acceptors (Lipinski definition) is 3. The van der Waals surface area contributed by atoms with Gasteiger partial charge in [0.1, 0.15) is 5.82 Å². The number of rotatable bonds is 5. The van der Waals surface area contributed by atoms with Crippen molar-refractivity contribution in [1.29, 1.82) is 0 Å². The van der Waals surface area contributed by atoms with Gasteiger partial charge < -0.3 is 5.11 Å². The number of carboxylic acids is 1. The van der Waals surface area contributed by atoms with Gasteiger partial charge in [-0.05, 0) is 60.9 Å². The van der Waals surface area contributed by atoms with Crippen LogP contribution in [0.5, 0.6) is 0 Å². The highest BCUT2D eigenvalue weighted by atomic mass is 79.9. The average Bonchev–Trinajstić information content (AvgIpc) is 2.79. The van der Waals surface area contributed by atoms with Crippen molar-refractivity contribution < 1.29 is 22.7 Å². The molecule has 0 radical (unpaired) electrons. The third kappa shape index (κ3) is 4.64. The molecule has 0 unspecified atom stereocenters. The van der Waals surface area contributed by atoms with Gasteiger partial charge in [-0.2, -0.15) is 4.31 Å². The first-order valence-electron chi connectivity index (χ1n) is 10.2. The van der Waals surface area contributed by atoms with Crippen LogP contribution in [-0.2, 0) is 14.8 Å². The van der Waals surface area contributed by atoms with E-state index in [1.54, 1.807) is 24.3 Å². The molecule has 1 aliphatic rings. The zero-order valence-electron chi connectivity index (χ0n) is 17.7. The van der Waals surface area contributed by atoms with E-state index in [9.17, 15) is 22.7 Å². The summed E-state index contributed by atoms with van der Waals surface area (Å²) in [6.07, 6.45) is 1.74. The van der Waals surface area contributed by atoms with Gasteiger partial charge in [0.2, 0.25) is 10.0 Å². The molecular weight excluding hydrogens is 509 g/mol. The standard InChI is InChI=1S/C25H21BrFNO4S/c1-16-5-11-21(12-6-16)33(31,32)28-23(18-3-2-4-19(26)15-18)14-13-22(25(29)30)24(28)17-7-9-20(27)10-8-17/h2-13,15,23-24H,14H2,1H3,(H,29,30)/t23-,24-/m0/s1. The number of sulfonamides is 1. The van der Waals surface area contributed by atoms with Crippen molar-refractivity contribution >= 4 is 31.9 Å². The summed E-state index contributed by atoms with van der Waals surface area (Å²) in [6, 6.07) is 17.2. The fraction of sp³-hybridized carbons (Fsp3) is 0.160. The molecule has 5 nitrogen and oxygen atoms in total. The lowest BCUT2D eigenvalue weighted by Gasteiger charge is -2.40. The van der Waals surface area contributed by atoms with Gasteiger partial charge in [-0.3, -0.25) is 0 Å². The summed E-state index contributed by atoms with van der Waals surface area (Å²) < 4.78 is 43.7. The third-order valence-corrected chi connectivity index (χ3v) is 8.06. The van der Waals surface area contributed by atoms with Gasteiger partial charge in [-0.15, -0.1) is 0 Å². The highest BCUT2D eigenvalue weighted by Gasteiger charge is 2.44. The maximum absolute atomic E-state index is 14.0. The van der Waals surface area contributed by atoms with Crippen LogP contribution in [0.15, 0.2) is 93.8 Å². The number of hydrogen-bond donors (Lipinski definition) is 1. The zero-order chi connectivity index (χ0) is 23.8. The van der Waals surface area contributed by atoms with E-state index in [0.29, 0.717) is 11.1 Å². The normalized spacial score (nSPS) is 19.2. The van der Waals surface area contributed by atoms with Crippen LogP contribution >= 0.6 is 15.9 Å². The van der Waals surface area contributed by atoms with Crippen LogP contribution in [0.2, 0.25) is 0 Å². The summed E-state index contributed by atoms with van der Waals surface area (Å²) in [5.41, 5.74) is 1.93. The molecule has 0 saturated carbocycles. The summed E-state index contributed by atoms with van der Waals surface area (Å²) in [7, 11) is -4.14. The minimum absolute atomic E-state index is 0.0619. The lowest BCUT2D eigenvalue weighted by atomic mass is 9.89. The Kier molecular flexibility index (Phi) is 6.52. The SMILES string of the molecule is Cc1ccc(S(=O)(=O)N2[C@@H](c3ccc(F)cc3)C(C(=O)O)=CC[C@H]2c2cccc(Br)c2)cc1. The van der Waals surface area contributed by atoms with Crippen LogP contribution in [0.3, 0.4) is 0 Å². The van der Waals surface area contributed by atoms with Gasteiger partial charge in [0, 0.05) is 4.47 Å². The Balaban J connectivity index is 1.97. The smallest absolute Gasteiger partial charge is 0.333 e. The van der Waals surface area contributed by atoms with Gasteiger partial charge in [-0.25, -0.2) is 17.6 Å². The maximum atomic E-state index is 14.0. The maximum Gasteiger partial charge on any atom is 0.333 e. The number of aryl methyl sites for hydroxylation is 1. The van der Waals surface area contributed by atoms with Crippen LogP contribution in [0.4, 0.5) is 4.39 Å².